The molecule has 0 amide bonds. The van der Waals surface area contributed by atoms with Gasteiger partial charge in [-0.15, -0.1) is 0 Å². The van der Waals surface area contributed by atoms with Gasteiger partial charge in [0.05, 0.1) is 9.51 Å². The molecule has 0 atom stereocenters. The summed E-state index contributed by atoms with van der Waals surface area (Å²) in [5.41, 5.74) is 0. The highest BCUT2D eigenvalue weighted by molar-refractivity contribution is 9.11. The highest BCUT2D eigenvalue weighted by Crippen LogP contribution is 2.31. The van der Waals surface area contributed by atoms with Crippen LogP contribution in [0.5, 0.6) is 0 Å². The fraction of sp³-hybridized carbons (Fsp3) is 0.167. The van der Waals surface area contributed by atoms with E-state index in [2.05, 4.69) is 15.9 Å². The molecule has 0 bridgehead atoms. The first-order chi connectivity index (χ1) is 4.22. The Morgan fingerprint density at radius 3 is 2.78 bits per heavy atom. The average molecular weight is 210 g/mol. The van der Waals surface area contributed by atoms with Gasteiger partial charge in [-0.25, -0.2) is 4.39 Å². The van der Waals surface area contributed by atoms with Crippen molar-refractivity contribution in [3.63, 3.8) is 0 Å². The Kier molecular flexibility index (Phi) is 2.30. The van der Waals surface area contributed by atoms with Crippen LogP contribution < -0.4 is 0 Å². The molecule has 0 saturated heterocycles. The van der Waals surface area contributed by atoms with Gasteiger partial charge in [0.1, 0.15) is 0 Å². The highest BCUT2D eigenvalue weighted by Gasteiger charge is 2.11. The molecule has 1 aliphatic rings. The Hall–Kier alpha value is 0.180. The molecule has 1 rings (SSSR count). The Labute approximate surface area is 66.5 Å². The topological polar surface area (TPSA) is 0 Å². The molecule has 3 heteroatoms. The van der Waals surface area contributed by atoms with Gasteiger partial charge in [0.25, 0.3) is 0 Å². The minimum Gasteiger partial charge on any atom is -0.204 e. The molecule has 9 heavy (non-hydrogen) atoms. The minimum atomic E-state index is -0.372. The molecule has 0 N–H and O–H groups in total. The van der Waals surface area contributed by atoms with Crippen molar-refractivity contribution in [2.24, 2.45) is 0 Å². The van der Waals surface area contributed by atoms with Crippen LogP contribution in [0.15, 0.2) is 21.4 Å². The van der Waals surface area contributed by atoms with Crippen molar-refractivity contribution in [2.45, 2.75) is 6.42 Å². The van der Waals surface area contributed by atoms with Crippen LogP contribution >= 0.6 is 27.5 Å². The van der Waals surface area contributed by atoms with Gasteiger partial charge in [0, 0.05) is 6.42 Å². The molecule has 0 aromatic carbocycles. The van der Waals surface area contributed by atoms with Gasteiger partial charge in [0.15, 0.2) is 5.83 Å². The fourth-order valence-electron chi connectivity index (χ4n) is 0.559. The van der Waals surface area contributed by atoms with E-state index < -0.39 is 0 Å². The fourth-order valence-corrected chi connectivity index (χ4v) is 1.26. The number of allylic oxidation sites excluding steroid dienone is 4. The summed E-state index contributed by atoms with van der Waals surface area (Å²) < 4.78 is 13.0. The molecular formula is C6H4BrClF. The first-order valence-corrected chi connectivity index (χ1v) is 3.63. The molecule has 0 fully saturated rings. The maximum atomic E-state index is 12.6. The van der Waals surface area contributed by atoms with E-state index >= 15 is 0 Å². The monoisotopic (exact) mass is 209 g/mol. The second-order valence-corrected chi connectivity index (χ2v) is 2.92. The first kappa shape index (κ1) is 7.29. The maximum Gasteiger partial charge on any atom is 0.151 e. The minimum absolute atomic E-state index is 0.198. The second-order valence-electron chi connectivity index (χ2n) is 1.65. The smallest absolute Gasteiger partial charge is 0.151 e. The number of halogens is 3. The predicted molar refractivity (Wildman–Crippen MR) is 39.9 cm³/mol. The van der Waals surface area contributed by atoms with Gasteiger partial charge in [-0.1, -0.05) is 17.7 Å². The van der Waals surface area contributed by atoms with E-state index in [1.54, 1.807) is 12.5 Å². The molecule has 0 heterocycles. The van der Waals surface area contributed by atoms with E-state index in [9.17, 15) is 4.39 Å². The second kappa shape index (κ2) is 2.84. The van der Waals surface area contributed by atoms with Crippen molar-refractivity contribution in [3.05, 3.63) is 27.8 Å². The Morgan fingerprint density at radius 2 is 2.33 bits per heavy atom. The van der Waals surface area contributed by atoms with E-state index in [4.69, 9.17) is 11.6 Å². The number of rotatable bonds is 0. The number of hydrogen-bond acceptors (Lipinski definition) is 0. The maximum absolute atomic E-state index is 12.6. The van der Waals surface area contributed by atoms with Gasteiger partial charge in [-0.3, -0.25) is 0 Å². The molecule has 0 aromatic rings. The van der Waals surface area contributed by atoms with Crippen molar-refractivity contribution < 1.29 is 4.39 Å². The van der Waals surface area contributed by atoms with Crippen LogP contribution in [0.2, 0.25) is 0 Å². The summed E-state index contributed by atoms with van der Waals surface area (Å²) >= 11 is 8.46. The zero-order valence-corrected chi connectivity index (χ0v) is 6.84. The molecule has 0 nitrogen and oxygen atoms in total. The third kappa shape index (κ3) is 1.55. The molecule has 0 aromatic heterocycles. The third-order valence-corrected chi connectivity index (χ3v) is 2.01. The van der Waals surface area contributed by atoms with E-state index in [1.165, 1.54) is 0 Å². The molecular weight excluding hydrogens is 206 g/mol. The Balaban J connectivity index is 2.88. The average Bonchev–Trinajstić information content (AvgIpc) is 1.83. The Bertz CT molecular complexity index is 183. The van der Waals surface area contributed by atoms with Crippen LogP contribution in [0.3, 0.4) is 0 Å². The lowest BCUT2D eigenvalue weighted by molar-refractivity contribution is 0.655. The van der Waals surface area contributed by atoms with Crippen molar-refractivity contribution in [2.75, 3.05) is 0 Å². The van der Waals surface area contributed by atoms with Crippen molar-refractivity contribution in [3.8, 4) is 0 Å². The van der Waals surface area contributed by atoms with Gasteiger partial charge in [-0.05, 0) is 22.4 Å². The van der Waals surface area contributed by atoms with Gasteiger partial charge < -0.3 is 0 Å². The molecule has 1 aliphatic carbocycles. The van der Waals surface area contributed by atoms with Crippen molar-refractivity contribution >= 4 is 27.5 Å². The van der Waals surface area contributed by atoms with Crippen LogP contribution in [0, 0.1) is 6.42 Å². The van der Waals surface area contributed by atoms with Crippen LogP contribution in [-0.2, 0) is 0 Å². The summed E-state index contributed by atoms with van der Waals surface area (Å²) in [6.45, 7) is 0. The van der Waals surface area contributed by atoms with Crippen LogP contribution in [0.1, 0.15) is 6.42 Å². The highest BCUT2D eigenvalue weighted by atomic mass is 79.9. The largest absolute Gasteiger partial charge is 0.204 e. The SMILES string of the molecule is FC1=C(Cl)[CH]CC=C1Br. The van der Waals surface area contributed by atoms with Crippen molar-refractivity contribution in [1.82, 2.24) is 0 Å². The lowest BCUT2D eigenvalue weighted by atomic mass is 10.2. The number of hydrogen-bond donors (Lipinski definition) is 0. The lowest BCUT2D eigenvalue weighted by Gasteiger charge is -2.05. The molecule has 1 radical (unpaired) electrons. The molecule has 0 unspecified atom stereocenters. The third-order valence-electron chi connectivity index (χ3n) is 1.01. The van der Waals surface area contributed by atoms with Crippen LogP contribution in [0.25, 0.3) is 0 Å². The van der Waals surface area contributed by atoms with Gasteiger partial charge in [0.2, 0.25) is 0 Å². The van der Waals surface area contributed by atoms with Gasteiger partial charge in [-0.2, -0.15) is 0 Å². The van der Waals surface area contributed by atoms with Crippen molar-refractivity contribution in [1.29, 1.82) is 0 Å². The summed E-state index contributed by atoms with van der Waals surface area (Å²) in [6.07, 6.45) is 4.05. The molecule has 49 valence electrons. The summed E-state index contributed by atoms with van der Waals surface area (Å²) in [6, 6.07) is 0. The predicted octanol–water partition coefficient (Wildman–Crippen LogP) is 3.29. The van der Waals surface area contributed by atoms with E-state index in [1.807, 2.05) is 0 Å². The molecule has 0 saturated carbocycles. The van der Waals surface area contributed by atoms with Crippen LogP contribution in [0.4, 0.5) is 4.39 Å². The zero-order chi connectivity index (χ0) is 6.85. The summed E-state index contributed by atoms with van der Waals surface area (Å²) in [7, 11) is 0. The van der Waals surface area contributed by atoms with E-state index in [-0.39, 0.29) is 10.9 Å². The van der Waals surface area contributed by atoms with Crippen LogP contribution in [-0.4, -0.2) is 0 Å². The van der Waals surface area contributed by atoms with E-state index in [0.29, 0.717) is 10.9 Å². The lowest BCUT2D eigenvalue weighted by Crippen LogP contribution is -1.88. The molecule has 0 spiro atoms. The quantitative estimate of drug-likeness (QED) is 0.575. The van der Waals surface area contributed by atoms with Gasteiger partial charge >= 0.3 is 0 Å². The molecule has 0 aliphatic heterocycles. The summed E-state index contributed by atoms with van der Waals surface area (Å²) in [4.78, 5) is 0. The van der Waals surface area contributed by atoms with E-state index in [0.717, 1.165) is 0 Å². The summed E-state index contributed by atoms with van der Waals surface area (Å²) in [5, 5.41) is 0.198. The standard InChI is InChI=1S/C6H4BrClF/c7-4-2-1-3-5(8)6(4)9/h2-3H,1H2. The Morgan fingerprint density at radius 1 is 1.67 bits per heavy atom. The first-order valence-electron chi connectivity index (χ1n) is 2.46. The zero-order valence-electron chi connectivity index (χ0n) is 4.50. The summed E-state index contributed by atoms with van der Waals surface area (Å²) in [5.74, 6) is -0.372. The normalized spacial score (nSPS) is 20.1.